The molecule has 1 saturated heterocycles. The molecule has 1 heterocycles. The predicted molar refractivity (Wildman–Crippen MR) is 204 cm³/mol. The summed E-state index contributed by atoms with van der Waals surface area (Å²) < 4.78 is 28.4. The fourth-order valence-corrected chi connectivity index (χ4v) is 7.42. The van der Waals surface area contributed by atoms with Crippen LogP contribution >= 0.6 is 0 Å². The Morgan fingerprint density at radius 3 is 2.29 bits per heavy atom. The van der Waals surface area contributed by atoms with Crippen molar-refractivity contribution in [2.45, 2.75) is 102 Å². The normalized spacial score (nSPS) is 24.0. The number of aromatic hydroxyl groups is 2. The number of ketones is 3. The van der Waals surface area contributed by atoms with Crippen LogP contribution in [0.15, 0.2) is 18.2 Å². The number of aliphatic hydroxyl groups is 3. The summed E-state index contributed by atoms with van der Waals surface area (Å²) in [5, 5.41) is 60.9. The predicted octanol–water partition coefficient (Wildman–Crippen LogP) is 1.52. The number of aliphatic hydroxyl groups excluding tert-OH is 2. The lowest BCUT2D eigenvalue weighted by molar-refractivity contribution is -0.249. The molecule has 5 rings (SSSR count). The van der Waals surface area contributed by atoms with E-state index in [9.17, 15) is 49.5 Å². The summed E-state index contributed by atoms with van der Waals surface area (Å²) in [6.45, 7) is 8.79. The van der Waals surface area contributed by atoms with Crippen LogP contribution in [-0.2, 0) is 39.8 Å². The van der Waals surface area contributed by atoms with E-state index in [0.717, 1.165) is 6.42 Å². The number of rotatable bonds is 17. The van der Waals surface area contributed by atoms with Gasteiger partial charge in [0.1, 0.15) is 35.6 Å². The topological polar surface area (TPSA) is 257 Å². The van der Waals surface area contributed by atoms with Crippen molar-refractivity contribution in [3.63, 3.8) is 0 Å². The van der Waals surface area contributed by atoms with Crippen molar-refractivity contribution in [3.05, 3.63) is 51.6 Å². The maximum atomic E-state index is 13.9. The smallest absolute Gasteiger partial charge is 0.220 e. The first-order chi connectivity index (χ1) is 27.4. The van der Waals surface area contributed by atoms with Crippen molar-refractivity contribution in [1.29, 1.82) is 0 Å². The molecule has 58 heavy (non-hydrogen) atoms. The summed E-state index contributed by atoms with van der Waals surface area (Å²) in [4.78, 5) is 65.9. The molecule has 1 aliphatic heterocycles. The lowest BCUT2D eigenvalue weighted by Crippen LogP contribution is -2.56. The van der Waals surface area contributed by atoms with Gasteiger partial charge in [-0.15, -0.1) is 0 Å². The van der Waals surface area contributed by atoms with Gasteiger partial charge in [-0.2, -0.15) is 0 Å². The summed E-state index contributed by atoms with van der Waals surface area (Å²) in [6, 6.07) is 3.34. The van der Waals surface area contributed by atoms with Gasteiger partial charge in [0.05, 0.1) is 61.9 Å². The Kier molecular flexibility index (Phi) is 14.3. The molecule has 0 aromatic heterocycles. The number of hydrogen-bond donors (Lipinski definition) is 7. The van der Waals surface area contributed by atoms with Gasteiger partial charge in [-0.25, -0.2) is 0 Å². The highest BCUT2D eigenvalue weighted by molar-refractivity contribution is 6.31. The number of fused-ring (bicyclic) bond motifs is 3. The molecule has 6 atom stereocenters. The molecule has 0 unspecified atom stereocenters. The maximum absolute atomic E-state index is 13.9. The largest absolute Gasteiger partial charge is 0.507 e. The molecular weight excluding hydrogens is 760 g/mol. The van der Waals surface area contributed by atoms with Crippen molar-refractivity contribution >= 4 is 29.2 Å². The fraction of sp³-hybridized carbons (Fsp3) is 0.585. The van der Waals surface area contributed by atoms with Crippen LogP contribution in [0.1, 0.15) is 109 Å². The van der Waals surface area contributed by atoms with E-state index in [0.29, 0.717) is 19.8 Å². The highest BCUT2D eigenvalue weighted by Crippen LogP contribution is 2.52. The van der Waals surface area contributed by atoms with Gasteiger partial charge in [0, 0.05) is 61.9 Å². The van der Waals surface area contributed by atoms with Crippen LogP contribution in [0.2, 0.25) is 0 Å². The monoisotopic (exact) mass is 814 g/mol. The number of phenols is 2. The molecule has 0 bridgehead atoms. The molecule has 0 spiro atoms. The van der Waals surface area contributed by atoms with Gasteiger partial charge in [0.2, 0.25) is 17.6 Å². The van der Waals surface area contributed by atoms with E-state index in [1.165, 1.54) is 32.2 Å². The summed E-state index contributed by atoms with van der Waals surface area (Å²) >= 11 is 0. The van der Waals surface area contributed by atoms with Crippen LogP contribution in [0.4, 0.5) is 0 Å². The number of methoxy groups -OCH3 is 1. The first-order valence-corrected chi connectivity index (χ1v) is 19.3. The van der Waals surface area contributed by atoms with Gasteiger partial charge in [-0.3, -0.25) is 24.0 Å². The standard InChI is InChI=1S/C41H54N2O15/c1-21-35(48)24(43-29(47)10-9-28(46)42-12-14-56-16-15-55-13-11-40(2,3)4)17-30(57-21)58-26-19-41(53,27(45)20-44)18-23-32(26)39(52)34-33(37(23)50)36(49)22-7-6-8-25(54-5)31(22)38(34)51/h6-8,21,24,26,30,35,44,48,50,52-53H,9-20H2,1-5H3,(H,42,46)(H,43,47)/t21-,24-,26-,30-,35+,41-/m0/s1. The summed E-state index contributed by atoms with van der Waals surface area (Å²) in [6.07, 6.45) is -5.74. The number of amides is 2. The van der Waals surface area contributed by atoms with Crippen LogP contribution in [0.25, 0.3) is 0 Å². The van der Waals surface area contributed by atoms with E-state index in [1.54, 1.807) is 0 Å². The molecule has 0 saturated carbocycles. The van der Waals surface area contributed by atoms with E-state index in [1.807, 2.05) is 0 Å². The fourth-order valence-electron chi connectivity index (χ4n) is 7.42. The molecule has 3 aliphatic rings. The third-order valence-corrected chi connectivity index (χ3v) is 10.6. The lowest BCUT2D eigenvalue weighted by atomic mass is 9.72. The Hall–Kier alpha value is -4.49. The minimum Gasteiger partial charge on any atom is -0.507 e. The zero-order valence-electron chi connectivity index (χ0n) is 33.4. The highest BCUT2D eigenvalue weighted by atomic mass is 16.7. The Morgan fingerprint density at radius 2 is 1.62 bits per heavy atom. The third kappa shape index (κ3) is 9.85. The van der Waals surface area contributed by atoms with E-state index in [4.69, 9.17) is 23.7 Å². The number of carbonyl (C=O) groups is 5. The number of ether oxygens (including phenoxy) is 5. The second-order valence-electron chi connectivity index (χ2n) is 16.1. The summed E-state index contributed by atoms with van der Waals surface area (Å²) in [5.74, 6) is -5.05. The number of hydrogen-bond acceptors (Lipinski definition) is 15. The van der Waals surface area contributed by atoms with Crippen molar-refractivity contribution in [2.75, 3.05) is 46.7 Å². The molecule has 17 heteroatoms. The minimum absolute atomic E-state index is 0.0550. The lowest BCUT2D eigenvalue weighted by Gasteiger charge is -2.43. The Bertz CT molecular complexity index is 1890. The Morgan fingerprint density at radius 1 is 0.948 bits per heavy atom. The summed E-state index contributed by atoms with van der Waals surface area (Å²) in [7, 11) is 1.30. The second kappa shape index (κ2) is 18.6. The maximum Gasteiger partial charge on any atom is 0.220 e. The van der Waals surface area contributed by atoms with Crippen LogP contribution < -0.4 is 15.4 Å². The number of nitrogens with one attached hydrogen (secondary N) is 2. The van der Waals surface area contributed by atoms with Crippen LogP contribution in [0, 0.1) is 5.41 Å². The molecule has 7 N–H and O–H groups in total. The van der Waals surface area contributed by atoms with Crippen LogP contribution in [0.5, 0.6) is 17.2 Å². The molecular formula is C41H54N2O15. The molecule has 1 fully saturated rings. The SMILES string of the molecule is COc1cccc2c1C(=O)c1c(O)c3c(c(O)c1C2=O)C[C@@](O)(C(=O)CO)C[C@@H]3O[C@H]1C[C@H](NC(=O)CCC(=O)NCCOCCOCCC(C)(C)C)[C@H](O)[C@H](C)O1. The third-order valence-electron chi connectivity index (χ3n) is 10.6. The highest BCUT2D eigenvalue weighted by Gasteiger charge is 2.50. The summed E-state index contributed by atoms with van der Waals surface area (Å²) in [5.41, 5.74) is -3.93. The van der Waals surface area contributed by atoms with Gasteiger partial charge < -0.3 is 59.9 Å². The van der Waals surface area contributed by atoms with Crippen LogP contribution in [-0.4, -0.2) is 132 Å². The zero-order chi connectivity index (χ0) is 42.5. The molecule has 318 valence electrons. The van der Waals surface area contributed by atoms with Crippen molar-refractivity contribution in [1.82, 2.24) is 10.6 Å². The zero-order valence-corrected chi connectivity index (χ0v) is 33.4. The average Bonchev–Trinajstić information content (AvgIpc) is 3.17. The van der Waals surface area contributed by atoms with Gasteiger partial charge in [0.15, 0.2) is 17.9 Å². The van der Waals surface area contributed by atoms with Crippen LogP contribution in [0.3, 0.4) is 0 Å². The van der Waals surface area contributed by atoms with Gasteiger partial charge in [-0.05, 0) is 24.8 Å². The average molecular weight is 815 g/mol. The Balaban J connectivity index is 1.25. The van der Waals surface area contributed by atoms with E-state index >= 15 is 0 Å². The van der Waals surface area contributed by atoms with E-state index < -0.39 is 102 Å². The van der Waals surface area contributed by atoms with Crippen molar-refractivity contribution in [3.8, 4) is 17.2 Å². The second-order valence-corrected chi connectivity index (χ2v) is 16.1. The molecule has 0 radical (unpaired) electrons. The van der Waals surface area contributed by atoms with Gasteiger partial charge in [-0.1, -0.05) is 32.9 Å². The molecule has 2 aromatic rings. The quantitative estimate of drug-likeness (QED) is 0.0754. The number of Topliss-reactive ketones (excluding diaryl/α,β-unsaturated/α-hetero) is 1. The Labute approximate surface area is 336 Å². The number of benzene rings is 2. The first-order valence-electron chi connectivity index (χ1n) is 19.3. The van der Waals surface area contributed by atoms with E-state index in [-0.39, 0.29) is 71.7 Å². The van der Waals surface area contributed by atoms with Gasteiger partial charge in [0.25, 0.3) is 0 Å². The van der Waals surface area contributed by atoms with E-state index in [2.05, 4.69) is 31.4 Å². The molecule has 2 aliphatic carbocycles. The van der Waals surface area contributed by atoms with Crippen molar-refractivity contribution < 1.29 is 73.2 Å². The van der Waals surface area contributed by atoms with Crippen molar-refractivity contribution in [2.24, 2.45) is 5.41 Å². The number of carbonyl (C=O) groups excluding carboxylic acids is 5. The minimum atomic E-state index is -2.35. The molecule has 17 nitrogen and oxygen atoms in total. The first kappa shape index (κ1) is 44.6. The molecule has 2 amide bonds. The number of phenolic OH excluding ortho intramolecular Hbond substituents is 2. The molecule has 2 aromatic carbocycles. The van der Waals surface area contributed by atoms with Gasteiger partial charge >= 0.3 is 0 Å².